The van der Waals surface area contributed by atoms with E-state index < -0.39 is 30.2 Å². The van der Waals surface area contributed by atoms with Crippen LogP contribution in [0.25, 0.3) is 0 Å². The monoisotopic (exact) mass is 281 g/mol. The van der Waals surface area contributed by atoms with Crippen LogP contribution in [0.5, 0.6) is 0 Å². The molecule has 0 aromatic heterocycles. The first-order chi connectivity index (χ1) is 9.31. The van der Waals surface area contributed by atoms with Crippen molar-refractivity contribution in [2.45, 2.75) is 13.3 Å². The third kappa shape index (κ3) is 4.46. The first-order valence-corrected chi connectivity index (χ1v) is 6.06. The predicted molar refractivity (Wildman–Crippen MR) is 69.8 cm³/mol. The van der Waals surface area contributed by atoms with E-state index in [2.05, 4.69) is 0 Å². The summed E-state index contributed by atoms with van der Waals surface area (Å²) in [5.74, 6) is -3.06. The molecule has 1 unspecified atom stereocenters. The number of Topliss-reactive ketones (excluding diaryl/α,β-unsaturated/α-hetero) is 1. The zero-order valence-electron chi connectivity index (χ0n) is 11.3. The summed E-state index contributed by atoms with van der Waals surface area (Å²) in [6.45, 7) is 1.14. The van der Waals surface area contributed by atoms with Crippen molar-refractivity contribution in [3.05, 3.63) is 35.6 Å². The average molecular weight is 281 g/mol. The topological polar surface area (TPSA) is 74.7 Å². The quantitative estimate of drug-likeness (QED) is 0.803. The van der Waals surface area contributed by atoms with E-state index in [-0.39, 0.29) is 17.8 Å². The molecule has 1 N–H and O–H groups in total. The van der Waals surface area contributed by atoms with Crippen LogP contribution in [0.2, 0.25) is 0 Å². The molecule has 0 spiro atoms. The summed E-state index contributed by atoms with van der Waals surface area (Å²) in [7, 11) is 1.36. The zero-order chi connectivity index (χ0) is 15.3. The summed E-state index contributed by atoms with van der Waals surface area (Å²) < 4.78 is 13.0. The van der Waals surface area contributed by atoms with Crippen molar-refractivity contribution in [2.75, 3.05) is 13.6 Å². The minimum atomic E-state index is -1.12. The minimum Gasteiger partial charge on any atom is -0.480 e. The maximum atomic E-state index is 13.0. The summed E-state index contributed by atoms with van der Waals surface area (Å²) in [5, 5.41) is 8.58. The molecule has 0 aliphatic rings. The van der Waals surface area contributed by atoms with Crippen molar-refractivity contribution in [3.8, 4) is 0 Å². The second-order valence-electron chi connectivity index (χ2n) is 4.62. The number of carbonyl (C=O) groups excluding carboxylic acids is 2. The van der Waals surface area contributed by atoms with Gasteiger partial charge in [0.15, 0.2) is 5.78 Å². The van der Waals surface area contributed by atoms with Gasteiger partial charge < -0.3 is 10.0 Å². The molecular weight excluding hydrogens is 265 g/mol. The van der Waals surface area contributed by atoms with Crippen LogP contribution in [0.4, 0.5) is 4.39 Å². The summed E-state index contributed by atoms with van der Waals surface area (Å²) in [4.78, 5) is 35.3. The van der Waals surface area contributed by atoms with Crippen molar-refractivity contribution in [1.29, 1.82) is 0 Å². The van der Waals surface area contributed by atoms with Gasteiger partial charge in [-0.05, 0) is 12.1 Å². The molecule has 1 rings (SSSR count). The van der Waals surface area contributed by atoms with E-state index in [1.807, 2.05) is 0 Å². The smallest absolute Gasteiger partial charge is 0.323 e. The second-order valence-corrected chi connectivity index (χ2v) is 4.62. The van der Waals surface area contributed by atoms with Gasteiger partial charge in [-0.1, -0.05) is 19.1 Å². The van der Waals surface area contributed by atoms with Gasteiger partial charge in [-0.2, -0.15) is 0 Å². The number of rotatable bonds is 6. The van der Waals surface area contributed by atoms with Gasteiger partial charge in [0.25, 0.3) is 0 Å². The fourth-order valence-electron chi connectivity index (χ4n) is 1.73. The van der Waals surface area contributed by atoms with Crippen LogP contribution >= 0.6 is 0 Å². The maximum absolute atomic E-state index is 13.0. The Morgan fingerprint density at radius 1 is 1.35 bits per heavy atom. The summed E-state index contributed by atoms with van der Waals surface area (Å²) >= 11 is 0. The maximum Gasteiger partial charge on any atom is 0.323 e. The highest BCUT2D eigenvalue weighted by Crippen LogP contribution is 2.14. The van der Waals surface area contributed by atoms with E-state index in [0.717, 1.165) is 11.0 Å². The first kappa shape index (κ1) is 15.8. The van der Waals surface area contributed by atoms with Crippen LogP contribution < -0.4 is 0 Å². The number of carboxylic acids is 1. The summed E-state index contributed by atoms with van der Waals surface area (Å²) in [6, 6.07) is 5.25. The van der Waals surface area contributed by atoms with Crippen molar-refractivity contribution in [3.63, 3.8) is 0 Å². The largest absolute Gasteiger partial charge is 0.480 e. The SMILES string of the molecule is CC(CC(=O)N(C)CC(=O)O)C(=O)c1cccc(F)c1. The lowest BCUT2D eigenvalue weighted by Crippen LogP contribution is -2.33. The number of carboxylic acid groups (broad SMARTS) is 1. The lowest BCUT2D eigenvalue weighted by molar-refractivity contribution is -0.143. The highest BCUT2D eigenvalue weighted by Gasteiger charge is 2.21. The molecule has 1 atom stereocenters. The average Bonchev–Trinajstić information content (AvgIpc) is 2.36. The molecule has 1 amide bonds. The molecule has 0 fully saturated rings. The van der Waals surface area contributed by atoms with Crippen molar-refractivity contribution >= 4 is 17.7 Å². The lowest BCUT2D eigenvalue weighted by atomic mass is 9.96. The third-order valence-electron chi connectivity index (χ3n) is 2.84. The number of ketones is 1. The molecule has 6 heteroatoms. The Labute approximate surface area is 116 Å². The van der Waals surface area contributed by atoms with E-state index in [0.29, 0.717) is 0 Å². The number of hydrogen-bond acceptors (Lipinski definition) is 3. The van der Waals surface area contributed by atoms with Gasteiger partial charge in [-0.15, -0.1) is 0 Å². The number of amides is 1. The van der Waals surface area contributed by atoms with Crippen LogP contribution in [0, 0.1) is 11.7 Å². The first-order valence-electron chi connectivity index (χ1n) is 6.06. The molecule has 108 valence electrons. The van der Waals surface area contributed by atoms with Gasteiger partial charge in [0.1, 0.15) is 12.4 Å². The molecule has 0 saturated carbocycles. The molecule has 0 aliphatic heterocycles. The van der Waals surface area contributed by atoms with Gasteiger partial charge >= 0.3 is 5.97 Å². The number of benzene rings is 1. The standard InChI is InChI=1S/C14H16FNO4/c1-9(6-12(17)16(2)8-13(18)19)14(20)10-4-3-5-11(15)7-10/h3-5,7,9H,6,8H2,1-2H3,(H,18,19). The van der Waals surface area contributed by atoms with Crippen molar-refractivity contribution in [1.82, 2.24) is 4.90 Å². The van der Waals surface area contributed by atoms with Crippen LogP contribution in [0.3, 0.4) is 0 Å². The minimum absolute atomic E-state index is 0.112. The van der Waals surface area contributed by atoms with Gasteiger partial charge in [0.2, 0.25) is 5.91 Å². The van der Waals surface area contributed by atoms with Gasteiger partial charge in [-0.3, -0.25) is 14.4 Å². The number of aliphatic carboxylic acids is 1. The fourth-order valence-corrected chi connectivity index (χ4v) is 1.73. The lowest BCUT2D eigenvalue weighted by Gasteiger charge is -2.17. The number of nitrogens with zero attached hydrogens (tertiary/aromatic N) is 1. The van der Waals surface area contributed by atoms with Gasteiger partial charge in [-0.25, -0.2) is 4.39 Å². The number of halogens is 1. The molecule has 0 saturated heterocycles. The van der Waals surface area contributed by atoms with E-state index in [1.54, 1.807) is 6.92 Å². The Morgan fingerprint density at radius 2 is 2.00 bits per heavy atom. The number of likely N-dealkylation sites (N-methyl/N-ethyl adjacent to an activating group) is 1. The molecule has 20 heavy (non-hydrogen) atoms. The van der Waals surface area contributed by atoms with Crippen LogP contribution in [-0.4, -0.2) is 41.3 Å². The molecular formula is C14H16FNO4. The van der Waals surface area contributed by atoms with Crippen molar-refractivity contribution in [2.24, 2.45) is 5.92 Å². The fraction of sp³-hybridized carbons (Fsp3) is 0.357. The predicted octanol–water partition coefficient (Wildman–Crippen LogP) is 1.58. The molecule has 0 radical (unpaired) electrons. The highest BCUT2D eigenvalue weighted by atomic mass is 19.1. The van der Waals surface area contributed by atoms with E-state index >= 15 is 0 Å². The summed E-state index contributed by atoms with van der Waals surface area (Å²) in [5.41, 5.74) is 0.200. The van der Waals surface area contributed by atoms with E-state index in [4.69, 9.17) is 5.11 Å². The van der Waals surface area contributed by atoms with Crippen molar-refractivity contribution < 1.29 is 23.9 Å². The molecule has 5 nitrogen and oxygen atoms in total. The second kappa shape index (κ2) is 6.79. The molecule has 0 aliphatic carbocycles. The third-order valence-corrected chi connectivity index (χ3v) is 2.84. The normalized spacial score (nSPS) is 11.8. The van der Waals surface area contributed by atoms with Gasteiger partial charge in [0.05, 0.1) is 0 Å². The Balaban J connectivity index is 2.66. The molecule has 1 aromatic carbocycles. The van der Waals surface area contributed by atoms with E-state index in [1.165, 1.54) is 25.2 Å². The Hall–Kier alpha value is -2.24. The van der Waals surface area contributed by atoms with Gasteiger partial charge in [0, 0.05) is 24.9 Å². The highest BCUT2D eigenvalue weighted by molar-refractivity contribution is 5.99. The van der Waals surface area contributed by atoms with Crippen LogP contribution in [0.15, 0.2) is 24.3 Å². The van der Waals surface area contributed by atoms with Crippen LogP contribution in [0.1, 0.15) is 23.7 Å². The zero-order valence-corrected chi connectivity index (χ0v) is 11.3. The molecule has 0 bridgehead atoms. The Bertz CT molecular complexity index is 530. The number of hydrogen-bond donors (Lipinski definition) is 1. The molecule has 0 heterocycles. The van der Waals surface area contributed by atoms with Crippen LogP contribution in [-0.2, 0) is 9.59 Å². The Morgan fingerprint density at radius 3 is 2.55 bits per heavy atom. The Kier molecular flexibility index (Phi) is 5.37. The summed E-state index contributed by atoms with van der Waals surface area (Å²) in [6.07, 6.45) is -0.112. The van der Waals surface area contributed by atoms with E-state index in [9.17, 15) is 18.8 Å². The number of carbonyl (C=O) groups is 3. The molecule has 1 aromatic rings.